The molecule has 2 heteroatoms. The Labute approximate surface area is 80.3 Å². The maximum atomic E-state index is 8.94. The van der Waals surface area contributed by atoms with Crippen LogP contribution in [0.5, 0.6) is 0 Å². The average Bonchev–Trinajstić information content (AvgIpc) is 2.84. The van der Waals surface area contributed by atoms with Gasteiger partial charge in [-0.25, -0.2) is 0 Å². The summed E-state index contributed by atoms with van der Waals surface area (Å²) in [6.07, 6.45) is 10.6. The van der Waals surface area contributed by atoms with Crippen molar-refractivity contribution in [3.05, 3.63) is 0 Å². The highest BCUT2D eigenvalue weighted by Gasteiger charge is 2.35. The highest BCUT2D eigenvalue weighted by Crippen LogP contribution is 2.30. The second kappa shape index (κ2) is 4.43. The van der Waals surface area contributed by atoms with E-state index < -0.39 is 6.29 Å². The SMILES string of the molecule is OC1OC1CCCC1CCCCC1. The van der Waals surface area contributed by atoms with Gasteiger partial charge >= 0.3 is 0 Å². The fourth-order valence-corrected chi connectivity index (χ4v) is 2.43. The zero-order chi connectivity index (χ0) is 9.10. The van der Waals surface area contributed by atoms with E-state index in [0.717, 1.165) is 12.3 Å². The fraction of sp³-hybridized carbons (Fsp3) is 1.00. The molecule has 2 fully saturated rings. The van der Waals surface area contributed by atoms with Gasteiger partial charge in [0.2, 0.25) is 0 Å². The lowest BCUT2D eigenvalue weighted by molar-refractivity contribution is 0.156. The molecule has 1 saturated carbocycles. The normalized spacial score (nSPS) is 34.8. The van der Waals surface area contributed by atoms with Gasteiger partial charge in [-0.3, -0.25) is 0 Å². The van der Waals surface area contributed by atoms with E-state index in [1.54, 1.807) is 0 Å². The number of aliphatic hydroxyl groups excluding tert-OH is 1. The van der Waals surface area contributed by atoms with Gasteiger partial charge in [-0.05, 0) is 12.3 Å². The fourth-order valence-electron chi connectivity index (χ4n) is 2.43. The highest BCUT2D eigenvalue weighted by molar-refractivity contribution is 4.75. The van der Waals surface area contributed by atoms with Crippen molar-refractivity contribution in [3.8, 4) is 0 Å². The first-order valence-electron chi connectivity index (χ1n) is 5.70. The summed E-state index contributed by atoms with van der Waals surface area (Å²) in [6.45, 7) is 0. The number of aliphatic hydroxyl groups is 1. The maximum absolute atomic E-state index is 8.94. The van der Waals surface area contributed by atoms with Crippen LogP contribution >= 0.6 is 0 Å². The molecule has 0 radical (unpaired) electrons. The molecule has 2 aliphatic rings. The van der Waals surface area contributed by atoms with Gasteiger partial charge in [0, 0.05) is 0 Å². The minimum atomic E-state index is -0.425. The third-order valence-corrected chi connectivity index (χ3v) is 3.38. The maximum Gasteiger partial charge on any atom is 0.181 e. The van der Waals surface area contributed by atoms with Crippen LogP contribution in [0.3, 0.4) is 0 Å². The van der Waals surface area contributed by atoms with Gasteiger partial charge in [-0.1, -0.05) is 44.9 Å². The standard InChI is InChI=1S/C11H20O2/c12-11-10(13-11)8-4-7-9-5-2-1-3-6-9/h9-12H,1-8H2. The Kier molecular flexibility index (Phi) is 3.23. The summed E-state index contributed by atoms with van der Waals surface area (Å²) in [5.74, 6) is 0.977. The van der Waals surface area contributed by atoms with E-state index in [9.17, 15) is 0 Å². The Morgan fingerprint density at radius 3 is 2.38 bits per heavy atom. The molecular formula is C11H20O2. The van der Waals surface area contributed by atoms with Crippen LogP contribution in [0.4, 0.5) is 0 Å². The summed E-state index contributed by atoms with van der Waals surface area (Å²) in [6, 6.07) is 0. The summed E-state index contributed by atoms with van der Waals surface area (Å²) in [5, 5.41) is 8.94. The molecule has 13 heavy (non-hydrogen) atoms. The molecule has 1 aliphatic carbocycles. The van der Waals surface area contributed by atoms with Crippen molar-refractivity contribution in [2.75, 3.05) is 0 Å². The summed E-state index contributed by atoms with van der Waals surface area (Å²) in [5.41, 5.74) is 0. The van der Waals surface area contributed by atoms with Gasteiger partial charge in [0.15, 0.2) is 6.29 Å². The van der Waals surface area contributed by atoms with E-state index in [-0.39, 0.29) is 6.10 Å². The van der Waals surface area contributed by atoms with Crippen molar-refractivity contribution < 1.29 is 9.84 Å². The van der Waals surface area contributed by atoms with Crippen molar-refractivity contribution in [2.45, 2.75) is 63.8 Å². The lowest BCUT2D eigenvalue weighted by Crippen LogP contribution is -2.06. The van der Waals surface area contributed by atoms with E-state index in [2.05, 4.69) is 0 Å². The van der Waals surface area contributed by atoms with Crippen molar-refractivity contribution in [1.82, 2.24) is 0 Å². The Balaban J connectivity index is 1.51. The molecule has 0 bridgehead atoms. The number of hydrogen-bond acceptors (Lipinski definition) is 2. The molecule has 1 heterocycles. The third-order valence-electron chi connectivity index (χ3n) is 3.38. The van der Waals surface area contributed by atoms with Gasteiger partial charge in [0.05, 0.1) is 0 Å². The molecule has 1 N–H and O–H groups in total. The number of rotatable bonds is 4. The molecule has 1 saturated heterocycles. The van der Waals surface area contributed by atoms with Gasteiger partial charge in [-0.15, -0.1) is 0 Å². The monoisotopic (exact) mass is 184 g/mol. The Morgan fingerprint density at radius 2 is 1.77 bits per heavy atom. The van der Waals surface area contributed by atoms with E-state index in [1.165, 1.54) is 44.9 Å². The van der Waals surface area contributed by atoms with E-state index in [4.69, 9.17) is 9.84 Å². The van der Waals surface area contributed by atoms with E-state index >= 15 is 0 Å². The Hall–Kier alpha value is -0.0800. The van der Waals surface area contributed by atoms with Crippen LogP contribution in [0.1, 0.15) is 51.4 Å². The second-order valence-electron chi connectivity index (χ2n) is 4.50. The van der Waals surface area contributed by atoms with Crippen LogP contribution < -0.4 is 0 Å². The lowest BCUT2D eigenvalue weighted by Gasteiger charge is -2.20. The van der Waals surface area contributed by atoms with Crippen LogP contribution in [0, 0.1) is 5.92 Å². The molecule has 2 unspecified atom stereocenters. The van der Waals surface area contributed by atoms with Gasteiger partial charge in [0.1, 0.15) is 6.10 Å². The molecule has 0 aromatic carbocycles. The Morgan fingerprint density at radius 1 is 1.08 bits per heavy atom. The first kappa shape index (κ1) is 9.47. The zero-order valence-electron chi connectivity index (χ0n) is 8.24. The molecule has 1 aliphatic heterocycles. The van der Waals surface area contributed by atoms with Crippen LogP contribution in [0.25, 0.3) is 0 Å². The molecule has 0 spiro atoms. The number of epoxide rings is 1. The Bertz CT molecular complexity index is 152. The van der Waals surface area contributed by atoms with E-state index in [1.807, 2.05) is 0 Å². The van der Waals surface area contributed by atoms with Crippen molar-refractivity contribution in [3.63, 3.8) is 0 Å². The van der Waals surface area contributed by atoms with Crippen molar-refractivity contribution >= 4 is 0 Å². The lowest BCUT2D eigenvalue weighted by atomic mass is 9.85. The summed E-state index contributed by atoms with van der Waals surface area (Å²) in [7, 11) is 0. The zero-order valence-corrected chi connectivity index (χ0v) is 8.24. The van der Waals surface area contributed by atoms with Gasteiger partial charge in [0.25, 0.3) is 0 Å². The second-order valence-corrected chi connectivity index (χ2v) is 4.50. The molecule has 0 aromatic heterocycles. The van der Waals surface area contributed by atoms with E-state index in [0.29, 0.717) is 0 Å². The van der Waals surface area contributed by atoms with Crippen LogP contribution in [0.15, 0.2) is 0 Å². The van der Waals surface area contributed by atoms with Gasteiger partial charge < -0.3 is 9.84 Å². The minimum absolute atomic E-state index is 0.184. The summed E-state index contributed by atoms with van der Waals surface area (Å²) < 4.78 is 4.96. The third kappa shape index (κ3) is 2.96. The smallest absolute Gasteiger partial charge is 0.181 e. The van der Waals surface area contributed by atoms with Gasteiger partial charge in [-0.2, -0.15) is 0 Å². The molecule has 0 aromatic rings. The summed E-state index contributed by atoms with van der Waals surface area (Å²) in [4.78, 5) is 0. The quantitative estimate of drug-likeness (QED) is 0.681. The topological polar surface area (TPSA) is 32.8 Å². The van der Waals surface area contributed by atoms with Crippen molar-refractivity contribution in [1.29, 1.82) is 0 Å². The molecule has 2 rings (SSSR count). The van der Waals surface area contributed by atoms with Crippen LogP contribution in [0.2, 0.25) is 0 Å². The predicted octanol–water partition coefficient (Wildman–Crippen LogP) is 2.45. The first-order valence-corrected chi connectivity index (χ1v) is 5.70. The predicted molar refractivity (Wildman–Crippen MR) is 51.3 cm³/mol. The highest BCUT2D eigenvalue weighted by atomic mass is 16.7. The first-order chi connectivity index (χ1) is 6.36. The number of ether oxygens (including phenoxy) is 1. The molecular weight excluding hydrogens is 164 g/mol. The largest absolute Gasteiger partial charge is 0.366 e. The summed E-state index contributed by atoms with van der Waals surface area (Å²) >= 11 is 0. The van der Waals surface area contributed by atoms with Crippen molar-refractivity contribution in [2.24, 2.45) is 5.92 Å². The molecule has 2 nitrogen and oxygen atoms in total. The average molecular weight is 184 g/mol. The molecule has 2 atom stereocenters. The van der Waals surface area contributed by atoms with Crippen LogP contribution in [-0.2, 0) is 4.74 Å². The molecule has 0 amide bonds. The minimum Gasteiger partial charge on any atom is -0.366 e. The van der Waals surface area contributed by atoms with Crippen LogP contribution in [-0.4, -0.2) is 17.5 Å². The molecule has 76 valence electrons. The number of hydrogen-bond donors (Lipinski definition) is 1.